The Labute approximate surface area is 178 Å². The Morgan fingerprint density at radius 1 is 1.10 bits per heavy atom. The number of hydrogen-bond donors (Lipinski definition) is 1. The lowest BCUT2D eigenvalue weighted by Gasteiger charge is -2.08. The van der Waals surface area contributed by atoms with Crippen LogP contribution >= 0.6 is 11.8 Å². The Bertz CT molecular complexity index is 1100. The summed E-state index contributed by atoms with van der Waals surface area (Å²) in [5, 5.41) is 2.88. The second kappa shape index (κ2) is 9.41. The number of aromatic nitrogens is 1. The zero-order chi connectivity index (χ0) is 20.8. The van der Waals surface area contributed by atoms with Crippen molar-refractivity contribution in [2.24, 2.45) is 0 Å². The van der Waals surface area contributed by atoms with E-state index < -0.39 is 0 Å². The number of carbonyl (C=O) groups is 1. The Balaban J connectivity index is 1.27. The van der Waals surface area contributed by atoms with E-state index in [0.29, 0.717) is 22.9 Å². The van der Waals surface area contributed by atoms with E-state index in [9.17, 15) is 9.18 Å². The molecule has 1 aliphatic rings. The normalized spacial score (nSPS) is 12.8. The Hall–Kier alpha value is -3.38. The van der Waals surface area contributed by atoms with Crippen LogP contribution < -0.4 is 10.1 Å². The summed E-state index contributed by atoms with van der Waals surface area (Å²) in [5.41, 5.74) is 2.99. The van der Waals surface area contributed by atoms with Crippen LogP contribution in [0, 0.1) is 5.82 Å². The van der Waals surface area contributed by atoms with Gasteiger partial charge in [0.15, 0.2) is 0 Å². The number of nitrogens with one attached hydrogen (secondary N) is 1. The lowest BCUT2D eigenvalue weighted by Crippen LogP contribution is -2.13. The quantitative estimate of drug-likeness (QED) is 0.507. The molecule has 0 saturated carbocycles. The molecule has 1 N–H and O–H groups in total. The number of benzene rings is 2. The van der Waals surface area contributed by atoms with Gasteiger partial charge in [-0.1, -0.05) is 18.2 Å². The van der Waals surface area contributed by atoms with Crippen LogP contribution in [-0.2, 0) is 4.79 Å². The van der Waals surface area contributed by atoms with Gasteiger partial charge in [-0.3, -0.25) is 9.78 Å². The fourth-order valence-electron chi connectivity index (χ4n) is 2.97. The van der Waals surface area contributed by atoms with Crippen LogP contribution in [-0.4, -0.2) is 16.6 Å². The van der Waals surface area contributed by atoms with Crippen molar-refractivity contribution in [3.8, 4) is 11.5 Å². The molecule has 1 amide bonds. The topological polar surface area (TPSA) is 51.2 Å². The molecule has 0 fully saturated rings. The zero-order valence-electron chi connectivity index (χ0n) is 16.0. The molecule has 30 heavy (non-hydrogen) atoms. The molecule has 0 atom stereocenters. The van der Waals surface area contributed by atoms with Gasteiger partial charge in [-0.2, -0.15) is 0 Å². The van der Waals surface area contributed by atoms with Crippen molar-refractivity contribution in [2.45, 2.75) is 6.42 Å². The molecule has 0 radical (unpaired) electrons. The highest BCUT2D eigenvalue weighted by atomic mass is 32.2. The lowest BCUT2D eigenvalue weighted by molar-refractivity contribution is -0.113. The molecule has 1 aromatic heterocycles. The summed E-state index contributed by atoms with van der Waals surface area (Å²) in [6.07, 6.45) is 8.68. The van der Waals surface area contributed by atoms with Crippen molar-refractivity contribution in [3.63, 3.8) is 0 Å². The van der Waals surface area contributed by atoms with Gasteiger partial charge in [0.25, 0.3) is 0 Å². The number of ether oxygens (including phenoxy) is 1. The number of nitrogens with zero attached hydrogens (tertiary/aromatic N) is 1. The first kappa shape index (κ1) is 19.9. The molecule has 0 saturated heterocycles. The lowest BCUT2D eigenvalue weighted by atomic mass is 10.1. The van der Waals surface area contributed by atoms with E-state index in [1.807, 2.05) is 18.3 Å². The molecule has 1 heterocycles. The maximum Gasteiger partial charge on any atom is 0.234 e. The molecule has 4 rings (SSSR count). The minimum absolute atomic E-state index is 0.0806. The number of amides is 1. The van der Waals surface area contributed by atoms with Gasteiger partial charge in [0.1, 0.15) is 17.3 Å². The van der Waals surface area contributed by atoms with Crippen LogP contribution in [0.25, 0.3) is 5.57 Å². The minimum Gasteiger partial charge on any atom is -0.457 e. The third-order valence-electron chi connectivity index (χ3n) is 4.41. The highest BCUT2D eigenvalue weighted by molar-refractivity contribution is 8.03. The van der Waals surface area contributed by atoms with Gasteiger partial charge in [-0.05, 0) is 66.1 Å². The second-order valence-corrected chi connectivity index (χ2v) is 7.69. The molecular formula is C24H19FN2O2S. The average Bonchev–Trinajstić information content (AvgIpc) is 3.24. The van der Waals surface area contributed by atoms with Crippen LogP contribution in [0.1, 0.15) is 12.0 Å². The number of pyridine rings is 1. The van der Waals surface area contributed by atoms with Crippen LogP contribution in [0.15, 0.2) is 90.1 Å². The van der Waals surface area contributed by atoms with E-state index >= 15 is 0 Å². The fourth-order valence-corrected chi connectivity index (χ4v) is 3.77. The van der Waals surface area contributed by atoms with Crippen molar-refractivity contribution >= 4 is 28.9 Å². The third kappa shape index (κ3) is 5.36. The molecular weight excluding hydrogens is 399 g/mol. The van der Waals surface area contributed by atoms with Crippen LogP contribution in [0.2, 0.25) is 0 Å². The highest BCUT2D eigenvalue weighted by Gasteiger charge is 2.11. The van der Waals surface area contributed by atoms with Gasteiger partial charge < -0.3 is 10.1 Å². The molecule has 0 unspecified atom stereocenters. The van der Waals surface area contributed by atoms with E-state index in [4.69, 9.17) is 4.74 Å². The first-order chi connectivity index (χ1) is 14.7. The summed E-state index contributed by atoms with van der Waals surface area (Å²) >= 11 is 1.51. The van der Waals surface area contributed by atoms with E-state index in [-0.39, 0.29) is 11.7 Å². The van der Waals surface area contributed by atoms with Crippen molar-refractivity contribution in [2.75, 3.05) is 11.1 Å². The van der Waals surface area contributed by atoms with Crippen molar-refractivity contribution < 1.29 is 13.9 Å². The summed E-state index contributed by atoms with van der Waals surface area (Å²) < 4.78 is 18.8. The first-order valence-corrected chi connectivity index (χ1v) is 10.4. The molecule has 1 aliphatic carbocycles. The molecule has 150 valence electrons. The monoisotopic (exact) mass is 418 g/mol. The summed E-state index contributed by atoms with van der Waals surface area (Å²) in [4.78, 5) is 17.5. The van der Waals surface area contributed by atoms with Crippen molar-refractivity contribution in [3.05, 3.63) is 101 Å². The average molecular weight is 418 g/mol. The number of allylic oxidation sites excluding steroid dienone is 3. The first-order valence-electron chi connectivity index (χ1n) is 9.43. The number of thioether (sulfide) groups is 1. The van der Waals surface area contributed by atoms with Crippen LogP contribution in [0.5, 0.6) is 11.5 Å². The highest BCUT2D eigenvalue weighted by Crippen LogP contribution is 2.32. The maximum atomic E-state index is 13.2. The van der Waals surface area contributed by atoms with E-state index in [0.717, 1.165) is 16.9 Å². The number of halogens is 1. The van der Waals surface area contributed by atoms with Gasteiger partial charge in [-0.15, -0.1) is 11.8 Å². The standard InChI is InChI=1S/C24H19FN2O2S/c25-19-4-1-5-22(14-19)29-21-9-7-20(8-10-21)27-24(28)16-30-23-11-6-17(13-23)18-3-2-12-26-15-18/h1-5,7-15H,6,16H2,(H,27,28). The number of carbonyl (C=O) groups excluding carboxylic acids is 1. The van der Waals surface area contributed by atoms with Crippen molar-refractivity contribution in [1.82, 2.24) is 4.98 Å². The smallest absolute Gasteiger partial charge is 0.234 e. The summed E-state index contributed by atoms with van der Waals surface area (Å²) in [6.45, 7) is 0. The molecule has 2 aromatic carbocycles. The van der Waals surface area contributed by atoms with E-state index in [1.54, 1.807) is 42.6 Å². The number of rotatable bonds is 7. The molecule has 0 aliphatic heterocycles. The Morgan fingerprint density at radius 2 is 1.97 bits per heavy atom. The van der Waals surface area contributed by atoms with Gasteiger partial charge in [0, 0.05) is 29.1 Å². The summed E-state index contributed by atoms with van der Waals surface area (Å²) in [7, 11) is 0. The molecule has 0 bridgehead atoms. The van der Waals surface area contributed by atoms with Gasteiger partial charge in [0.2, 0.25) is 5.91 Å². The van der Waals surface area contributed by atoms with Crippen LogP contribution in [0.3, 0.4) is 0 Å². The SMILES string of the molecule is O=C(CSC1=CCC(c2cccnc2)=C1)Nc1ccc(Oc2cccc(F)c2)cc1. The fraction of sp³-hybridized carbons (Fsp3) is 0.0833. The summed E-state index contributed by atoms with van der Waals surface area (Å²) in [5.74, 6) is 0.880. The van der Waals surface area contributed by atoms with Gasteiger partial charge in [0.05, 0.1) is 5.75 Å². The Kier molecular flexibility index (Phi) is 6.25. The summed E-state index contributed by atoms with van der Waals surface area (Å²) in [6, 6.07) is 16.9. The van der Waals surface area contributed by atoms with Crippen molar-refractivity contribution in [1.29, 1.82) is 0 Å². The number of hydrogen-bond acceptors (Lipinski definition) is 4. The maximum absolute atomic E-state index is 13.2. The minimum atomic E-state index is -0.353. The Morgan fingerprint density at radius 3 is 2.73 bits per heavy atom. The van der Waals surface area contributed by atoms with E-state index in [2.05, 4.69) is 22.5 Å². The predicted octanol–water partition coefficient (Wildman–Crippen LogP) is 6.06. The van der Waals surface area contributed by atoms with Crippen LogP contribution in [0.4, 0.5) is 10.1 Å². The molecule has 4 nitrogen and oxygen atoms in total. The van der Waals surface area contributed by atoms with Gasteiger partial charge in [-0.25, -0.2) is 4.39 Å². The predicted molar refractivity (Wildman–Crippen MR) is 119 cm³/mol. The molecule has 6 heteroatoms. The van der Waals surface area contributed by atoms with Gasteiger partial charge >= 0.3 is 0 Å². The molecule has 3 aromatic rings. The largest absolute Gasteiger partial charge is 0.457 e. The number of anilines is 1. The second-order valence-electron chi connectivity index (χ2n) is 6.64. The van der Waals surface area contributed by atoms with E-state index in [1.165, 1.54) is 29.5 Å². The molecule has 0 spiro atoms. The third-order valence-corrected chi connectivity index (χ3v) is 5.44. The zero-order valence-corrected chi connectivity index (χ0v) is 16.9.